The van der Waals surface area contributed by atoms with Crippen LogP contribution in [0.3, 0.4) is 0 Å². The smallest absolute Gasteiger partial charge is 0.462 e. The Hall–Kier alpha value is -1.94. The normalized spacial score (nSPS) is 13.8. The van der Waals surface area contributed by atoms with Gasteiger partial charge in [-0.15, -0.1) is 0 Å². The van der Waals surface area contributed by atoms with Crippen LogP contribution in [0.5, 0.6) is 0 Å². The number of phosphoric acid groups is 2. The van der Waals surface area contributed by atoms with E-state index in [1.54, 1.807) is 0 Å². The van der Waals surface area contributed by atoms with Gasteiger partial charge in [0.05, 0.1) is 26.4 Å². The lowest BCUT2D eigenvalue weighted by atomic mass is 10.0. The quantitative estimate of drug-likeness (QED) is 0.0222. The Morgan fingerprint density at radius 3 is 0.660 bits per heavy atom. The molecule has 0 saturated heterocycles. The van der Waals surface area contributed by atoms with Crippen LogP contribution in [0.1, 0.15) is 452 Å². The van der Waals surface area contributed by atoms with E-state index in [4.69, 9.17) is 37.0 Å². The topological polar surface area (TPSA) is 237 Å². The van der Waals surface area contributed by atoms with Crippen molar-refractivity contribution in [1.82, 2.24) is 0 Å². The van der Waals surface area contributed by atoms with E-state index in [2.05, 4.69) is 34.6 Å². The average Bonchev–Trinajstić information content (AvgIpc) is 0.941. The van der Waals surface area contributed by atoms with Crippen LogP contribution in [0.4, 0.5) is 0 Å². The van der Waals surface area contributed by atoms with Crippen LogP contribution in [0.15, 0.2) is 0 Å². The number of carbonyl (C=O) groups excluding carboxylic acids is 4. The lowest BCUT2D eigenvalue weighted by Crippen LogP contribution is -2.30. The summed E-state index contributed by atoms with van der Waals surface area (Å²) in [6.07, 6.45) is 69.6. The summed E-state index contributed by atoms with van der Waals surface area (Å²) in [7, 11) is -9.92. The van der Waals surface area contributed by atoms with E-state index in [1.807, 2.05) is 0 Å². The number of carbonyl (C=O) groups is 4. The van der Waals surface area contributed by atoms with Gasteiger partial charge in [0.1, 0.15) is 19.3 Å². The lowest BCUT2D eigenvalue weighted by molar-refractivity contribution is -0.161. The van der Waals surface area contributed by atoms with Gasteiger partial charge < -0.3 is 33.8 Å². The highest BCUT2D eigenvalue weighted by Crippen LogP contribution is 2.45. The highest BCUT2D eigenvalue weighted by atomic mass is 31.2. The summed E-state index contributed by atoms with van der Waals surface area (Å²) in [5.74, 6) is -1.33. The Labute approximate surface area is 632 Å². The van der Waals surface area contributed by atoms with E-state index in [0.29, 0.717) is 25.7 Å². The molecule has 0 aromatic heterocycles. The minimum Gasteiger partial charge on any atom is -0.462 e. The number of hydrogen-bond donors (Lipinski definition) is 3. The highest BCUT2D eigenvalue weighted by Gasteiger charge is 2.30. The van der Waals surface area contributed by atoms with E-state index in [1.165, 1.54) is 270 Å². The molecule has 0 radical (unpaired) electrons. The Morgan fingerprint density at radius 1 is 0.262 bits per heavy atom. The number of rotatable bonds is 84. The molecule has 17 nitrogen and oxygen atoms in total. The molecule has 3 N–H and O–H groups in total. The molecule has 5 atom stereocenters. The molecule has 0 aliphatic rings. The molecule has 0 aromatic carbocycles. The summed E-state index contributed by atoms with van der Waals surface area (Å²) in [6, 6.07) is 0. The lowest BCUT2D eigenvalue weighted by Gasteiger charge is -2.21. The Bertz CT molecular complexity index is 1960. The maximum absolute atomic E-state index is 13.1. The second-order valence-electron chi connectivity index (χ2n) is 30.7. The van der Waals surface area contributed by atoms with E-state index >= 15 is 0 Å². The summed E-state index contributed by atoms with van der Waals surface area (Å²) < 4.78 is 68.7. The molecule has 0 heterocycles. The van der Waals surface area contributed by atoms with Crippen molar-refractivity contribution in [2.45, 2.75) is 470 Å². The number of aliphatic hydroxyl groups is 1. The second kappa shape index (κ2) is 76.8. The zero-order chi connectivity index (χ0) is 75.5. The van der Waals surface area contributed by atoms with Crippen molar-refractivity contribution < 1.29 is 80.2 Å². The summed E-state index contributed by atoms with van der Waals surface area (Å²) in [5.41, 5.74) is 0. The Morgan fingerprint density at radius 2 is 0.447 bits per heavy atom. The molecule has 19 heteroatoms. The maximum Gasteiger partial charge on any atom is 0.472 e. The van der Waals surface area contributed by atoms with Crippen molar-refractivity contribution in [3.8, 4) is 0 Å². The fraction of sp³-hybridized carbons (Fsp3) is 0.952. The van der Waals surface area contributed by atoms with Gasteiger partial charge in [-0.3, -0.25) is 37.3 Å². The molecule has 0 spiro atoms. The molecule has 612 valence electrons. The summed E-state index contributed by atoms with van der Waals surface area (Å²) >= 11 is 0. The molecule has 0 saturated carbocycles. The maximum atomic E-state index is 13.1. The molecule has 103 heavy (non-hydrogen) atoms. The van der Waals surface area contributed by atoms with Crippen LogP contribution in [0.2, 0.25) is 0 Å². The third kappa shape index (κ3) is 78.0. The predicted molar refractivity (Wildman–Crippen MR) is 423 cm³/mol. The average molecular weight is 1510 g/mol. The molecular formula is C84H164O17P2. The standard InChI is InChI=1S/C84H164O17P2/c1-6-9-12-15-18-21-23-25-27-29-31-33-35-37-39-44-48-53-58-63-68-82(87)95-74-80(101-83(88)69-64-59-54-49-45-40-38-36-34-32-30-28-26-24-22-19-16-13-10-7-2)76-99-103(92,93)97-72-78(85)71-96-102(90,91)98-75-79(73-94-81(86)67-62-57-52-20-17-14-11-8-3)100-84(89)70-65-60-55-50-46-42-41-43-47-51-56-61-66-77(4)5/h77-80,85H,6-76H2,1-5H3,(H,90,91)(H,92,93)/t78-,79+,80+/m0/s1. The minimum absolute atomic E-state index is 0.107. The van der Waals surface area contributed by atoms with E-state index in [9.17, 15) is 43.2 Å². The van der Waals surface area contributed by atoms with Crippen molar-refractivity contribution in [3.05, 3.63) is 0 Å². The molecular weight excluding hydrogens is 1340 g/mol. The first kappa shape index (κ1) is 101. The number of ether oxygens (including phenoxy) is 4. The summed E-state index contributed by atoms with van der Waals surface area (Å²) in [5, 5.41) is 10.6. The van der Waals surface area contributed by atoms with Crippen molar-refractivity contribution in [3.63, 3.8) is 0 Å². The molecule has 0 aromatic rings. The van der Waals surface area contributed by atoms with Gasteiger partial charge >= 0.3 is 39.5 Å². The van der Waals surface area contributed by atoms with Crippen LogP contribution < -0.4 is 0 Å². The molecule has 0 aliphatic heterocycles. The van der Waals surface area contributed by atoms with E-state index in [0.717, 1.165) is 102 Å². The predicted octanol–water partition coefficient (Wildman–Crippen LogP) is 25.6. The number of phosphoric ester groups is 2. The fourth-order valence-corrected chi connectivity index (χ4v) is 14.7. The van der Waals surface area contributed by atoms with E-state index in [-0.39, 0.29) is 25.7 Å². The number of esters is 4. The zero-order valence-electron chi connectivity index (χ0n) is 67.5. The van der Waals surface area contributed by atoms with Crippen LogP contribution >= 0.6 is 15.6 Å². The third-order valence-corrected chi connectivity index (χ3v) is 21.7. The monoisotopic (exact) mass is 1510 g/mol. The molecule has 0 rings (SSSR count). The number of unbranched alkanes of at least 4 members (excludes halogenated alkanes) is 56. The highest BCUT2D eigenvalue weighted by molar-refractivity contribution is 7.47. The zero-order valence-corrected chi connectivity index (χ0v) is 69.3. The molecule has 0 aliphatic carbocycles. The molecule has 0 bridgehead atoms. The third-order valence-electron chi connectivity index (χ3n) is 19.8. The number of aliphatic hydroxyl groups excluding tert-OH is 1. The van der Waals surface area contributed by atoms with Gasteiger partial charge in [0.2, 0.25) is 0 Å². The fourth-order valence-electron chi connectivity index (χ4n) is 13.1. The van der Waals surface area contributed by atoms with E-state index < -0.39 is 97.5 Å². The van der Waals surface area contributed by atoms with Crippen molar-refractivity contribution in [2.24, 2.45) is 5.92 Å². The van der Waals surface area contributed by atoms with Crippen LogP contribution in [-0.2, 0) is 65.4 Å². The minimum atomic E-state index is -4.96. The van der Waals surface area contributed by atoms with Crippen molar-refractivity contribution >= 4 is 39.5 Å². The first-order valence-corrected chi connectivity index (χ1v) is 46.6. The molecule has 2 unspecified atom stereocenters. The van der Waals surface area contributed by atoms with Crippen LogP contribution in [0.25, 0.3) is 0 Å². The van der Waals surface area contributed by atoms with Gasteiger partial charge in [-0.1, -0.05) is 401 Å². The Balaban J connectivity index is 5.18. The first-order valence-electron chi connectivity index (χ1n) is 43.6. The van der Waals surface area contributed by atoms with Crippen molar-refractivity contribution in [2.75, 3.05) is 39.6 Å². The van der Waals surface area contributed by atoms with Crippen LogP contribution in [-0.4, -0.2) is 96.7 Å². The van der Waals surface area contributed by atoms with Gasteiger partial charge in [0.25, 0.3) is 0 Å². The van der Waals surface area contributed by atoms with Gasteiger partial charge in [-0.2, -0.15) is 0 Å². The van der Waals surface area contributed by atoms with Crippen LogP contribution in [0, 0.1) is 5.92 Å². The number of hydrogen-bond acceptors (Lipinski definition) is 15. The van der Waals surface area contributed by atoms with Gasteiger partial charge in [0.15, 0.2) is 12.2 Å². The van der Waals surface area contributed by atoms with Crippen molar-refractivity contribution in [1.29, 1.82) is 0 Å². The Kier molecular flexibility index (Phi) is 75.4. The summed E-state index contributed by atoms with van der Waals surface area (Å²) in [6.45, 7) is 7.33. The van der Waals surface area contributed by atoms with Gasteiger partial charge in [0, 0.05) is 25.7 Å². The SMILES string of the molecule is CCCCCCCCCCCCCCCCCCCCCCC(=O)OC[C@H](COP(=O)(O)OC[C@@H](O)COP(=O)(O)OC[C@@H](COC(=O)CCCCCCCCCC)OC(=O)CCCCCCCCCCCCCCC(C)C)OC(=O)CCCCCCCCCCCCCCCCCCCCCC. The first-order chi connectivity index (χ1) is 50.0. The molecule has 0 fully saturated rings. The van der Waals surface area contributed by atoms with Gasteiger partial charge in [-0.05, 0) is 31.6 Å². The second-order valence-corrected chi connectivity index (χ2v) is 33.6. The largest absolute Gasteiger partial charge is 0.472 e. The van der Waals surface area contributed by atoms with Gasteiger partial charge in [-0.25, -0.2) is 9.13 Å². The molecule has 0 amide bonds. The summed E-state index contributed by atoms with van der Waals surface area (Å²) in [4.78, 5) is 73.0.